The van der Waals surface area contributed by atoms with Crippen molar-refractivity contribution in [2.45, 2.75) is 6.92 Å². The van der Waals surface area contributed by atoms with Crippen LogP contribution in [0.5, 0.6) is 0 Å². The minimum absolute atomic E-state index is 0.158. The van der Waals surface area contributed by atoms with E-state index in [1.807, 2.05) is 30.3 Å². The lowest BCUT2D eigenvalue weighted by Crippen LogP contribution is -2.24. The third-order valence-corrected chi connectivity index (χ3v) is 2.62. The van der Waals surface area contributed by atoms with E-state index in [9.17, 15) is 9.59 Å². The van der Waals surface area contributed by atoms with E-state index in [0.29, 0.717) is 11.4 Å². The number of esters is 1. The van der Waals surface area contributed by atoms with Crippen LogP contribution in [-0.4, -0.2) is 18.5 Å². The number of rotatable bonds is 4. The number of carbonyl (C=O) groups excluding carboxylic acids is 2. The first-order valence-electron chi connectivity index (χ1n) is 6.74. The van der Waals surface area contributed by atoms with E-state index in [0.717, 1.165) is 5.69 Å². The van der Waals surface area contributed by atoms with Crippen LogP contribution in [0.25, 0.3) is 0 Å². The zero-order valence-corrected chi connectivity index (χ0v) is 12.0. The van der Waals surface area contributed by atoms with Gasteiger partial charge < -0.3 is 10.1 Å². The van der Waals surface area contributed by atoms with Crippen molar-refractivity contribution in [2.75, 3.05) is 11.9 Å². The van der Waals surface area contributed by atoms with Crippen LogP contribution in [0, 0.1) is 0 Å². The Labute approximate surface area is 127 Å². The third-order valence-electron chi connectivity index (χ3n) is 2.62. The summed E-state index contributed by atoms with van der Waals surface area (Å²) in [6.45, 7) is 1.79. The molecule has 0 aliphatic heterocycles. The molecular formula is C16H15N3O3. The van der Waals surface area contributed by atoms with Crippen LogP contribution in [0.3, 0.4) is 0 Å². The van der Waals surface area contributed by atoms with Crippen LogP contribution in [0.1, 0.15) is 6.92 Å². The fourth-order valence-electron chi connectivity index (χ4n) is 1.60. The van der Waals surface area contributed by atoms with Crippen molar-refractivity contribution < 1.29 is 14.3 Å². The van der Waals surface area contributed by atoms with Crippen molar-refractivity contribution in [1.29, 1.82) is 0 Å². The van der Waals surface area contributed by atoms with Crippen molar-refractivity contribution in [3.8, 4) is 0 Å². The van der Waals surface area contributed by atoms with E-state index in [1.165, 1.54) is 0 Å². The molecule has 0 aromatic heterocycles. The van der Waals surface area contributed by atoms with Crippen molar-refractivity contribution in [2.24, 2.45) is 10.2 Å². The molecule has 0 atom stereocenters. The zero-order valence-electron chi connectivity index (χ0n) is 12.0. The van der Waals surface area contributed by atoms with E-state index in [1.54, 1.807) is 31.2 Å². The van der Waals surface area contributed by atoms with Gasteiger partial charge in [-0.2, -0.15) is 10.2 Å². The van der Waals surface area contributed by atoms with E-state index >= 15 is 0 Å². The Hall–Kier alpha value is -3.02. The van der Waals surface area contributed by atoms with Gasteiger partial charge in [0.1, 0.15) is 0 Å². The molecule has 0 saturated heterocycles. The lowest BCUT2D eigenvalue weighted by Gasteiger charge is -2.04. The van der Waals surface area contributed by atoms with Crippen LogP contribution in [0.2, 0.25) is 0 Å². The summed E-state index contributed by atoms with van der Waals surface area (Å²) < 4.78 is 4.60. The molecule has 2 aromatic rings. The first kappa shape index (κ1) is 15.4. The maximum Gasteiger partial charge on any atom is 0.397 e. The molecule has 0 spiro atoms. The zero-order chi connectivity index (χ0) is 15.8. The molecule has 112 valence electrons. The molecule has 6 heteroatoms. The quantitative estimate of drug-likeness (QED) is 0.532. The standard InChI is InChI=1S/C16H15N3O3/c1-2-22-16(21)15(20)17-12-8-10-14(11-9-12)19-18-13-6-4-3-5-7-13/h3-11H,2H2,1H3,(H,17,20)/b19-18+. The maximum absolute atomic E-state index is 11.5. The van der Waals surface area contributed by atoms with Crippen molar-refractivity contribution in [3.63, 3.8) is 0 Å². The van der Waals surface area contributed by atoms with Gasteiger partial charge in [0.15, 0.2) is 0 Å². The highest BCUT2D eigenvalue weighted by molar-refractivity contribution is 6.37. The second-order valence-corrected chi connectivity index (χ2v) is 4.26. The SMILES string of the molecule is CCOC(=O)C(=O)Nc1ccc(/N=N/c2ccccc2)cc1. The van der Waals surface area contributed by atoms with Crippen LogP contribution in [0.15, 0.2) is 64.8 Å². The van der Waals surface area contributed by atoms with Crippen molar-refractivity contribution in [3.05, 3.63) is 54.6 Å². The number of nitrogens with one attached hydrogen (secondary N) is 1. The summed E-state index contributed by atoms with van der Waals surface area (Å²) in [7, 11) is 0. The predicted octanol–water partition coefficient (Wildman–Crippen LogP) is 3.60. The minimum Gasteiger partial charge on any atom is -0.459 e. The smallest absolute Gasteiger partial charge is 0.397 e. The Kier molecular flexibility index (Phi) is 5.37. The summed E-state index contributed by atoms with van der Waals surface area (Å²) >= 11 is 0. The van der Waals surface area contributed by atoms with Gasteiger partial charge in [0.2, 0.25) is 0 Å². The number of hydrogen-bond acceptors (Lipinski definition) is 5. The summed E-state index contributed by atoms with van der Waals surface area (Å²) in [6, 6.07) is 16.0. The molecule has 0 saturated carbocycles. The summed E-state index contributed by atoms with van der Waals surface area (Å²) in [6.07, 6.45) is 0. The second kappa shape index (κ2) is 7.68. The number of benzene rings is 2. The van der Waals surface area contributed by atoms with E-state index in [2.05, 4.69) is 20.3 Å². The van der Waals surface area contributed by atoms with Gasteiger partial charge in [-0.1, -0.05) is 18.2 Å². The van der Waals surface area contributed by atoms with Gasteiger partial charge in [0, 0.05) is 5.69 Å². The summed E-state index contributed by atoms with van der Waals surface area (Å²) in [5.74, 6) is -1.71. The number of ether oxygens (including phenoxy) is 1. The normalized spacial score (nSPS) is 10.4. The fourth-order valence-corrected chi connectivity index (χ4v) is 1.60. The van der Waals surface area contributed by atoms with Gasteiger partial charge in [-0.05, 0) is 43.3 Å². The monoisotopic (exact) mass is 297 g/mol. The molecule has 0 unspecified atom stereocenters. The van der Waals surface area contributed by atoms with E-state index < -0.39 is 11.9 Å². The Balaban J connectivity index is 1.97. The molecule has 22 heavy (non-hydrogen) atoms. The molecule has 0 bridgehead atoms. The van der Waals surface area contributed by atoms with Crippen molar-refractivity contribution in [1.82, 2.24) is 0 Å². The third kappa shape index (κ3) is 4.52. The Morgan fingerprint density at radius 3 is 2.14 bits per heavy atom. The first-order chi connectivity index (χ1) is 10.7. The number of anilines is 1. The molecule has 0 aliphatic rings. The van der Waals surface area contributed by atoms with Gasteiger partial charge in [-0.25, -0.2) is 4.79 Å². The largest absolute Gasteiger partial charge is 0.459 e. The number of azo groups is 1. The highest BCUT2D eigenvalue weighted by atomic mass is 16.5. The van der Waals surface area contributed by atoms with Gasteiger partial charge in [0.05, 0.1) is 18.0 Å². The van der Waals surface area contributed by atoms with E-state index in [-0.39, 0.29) is 6.61 Å². The van der Waals surface area contributed by atoms with Gasteiger partial charge in [-0.3, -0.25) is 4.79 Å². The molecule has 0 fully saturated rings. The molecule has 0 radical (unpaired) electrons. The fraction of sp³-hybridized carbons (Fsp3) is 0.125. The predicted molar refractivity (Wildman–Crippen MR) is 82.3 cm³/mol. The maximum atomic E-state index is 11.5. The first-order valence-corrected chi connectivity index (χ1v) is 6.74. The number of hydrogen-bond donors (Lipinski definition) is 1. The lowest BCUT2D eigenvalue weighted by atomic mass is 10.3. The molecule has 6 nitrogen and oxygen atoms in total. The van der Waals surface area contributed by atoms with Crippen LogP contribution in [-0.2, 0) is 14.3 Å². The van der Waals surface area contributed by atoms with Crippen molar-refractivity contribution >= 4 is 28.9 Å². The highest BCUT2D eigenvalue weighted by Crippen LogP contribution is 2.19. The topological polar surface area (TPSA) is 80.1 Å². The van der Waals surface area contributed by atoms with Crippen LogP contribution in [0.4, 0.5) is 17.1 Å². The van der Waals surface area contributed by atoms with Gasteiger partial charge in [-0.15, -0.1) is 0 Å². The Bertz CT molecular complexity index is 667. The summed E-state index contributed by atoms with van der Waals surface area (Å²) in [5.41, 5.74) is 1.87. The molecule has 0 heterocycles. The lowest BCUT2D eigenvalue weighted by molar-refractivity contribution is -0.152. The van der Waals surface area contributed by atoms with Gasteiger partial charge in [0.25, 0.3) is 0 Å². The van der Waals surface area contributed by atoms with Crippen LogP contribution < -0.4 is 5.32 Å². The molecule has 1 amide bonds. The molecule has 2 aromatic carbocycles. The molecule has 0 aliphatic carbocycles. The summed E-state index contributed by atoms with van der Waals surface area (Å²) in [4.78, 5) is 22.7. The minimum atomic E-state index is -0.907. The Morgan fingerprint density at radius 2 is 1.55 bits per heavy atom. The average molecular weight is 297 g/mol. The molecule has 2 rings (SSSR count). The summed E-state index contributed by atoms with van der Waals surface area (Å²) in [5, 5.41) is 10.6. The number of nitrogens with zero attached hydrogens (tertiary/aromatic N) is 2. The molecule has 1 N–H and O–H groups in total. The number of amides is 1. The molecular weight excluding hydrogens is 282 g/mol. The second-order valence-electron chi connectivity index (χ2n) is 4.26. The van der Waals surface area contributed by atoms with Gasteiger partial charge >= 0.3 is 11.9 Å². The Morgan fingerprint density at radius 1 is 0.955 bits per heavy atom. The highest BCUT2D eigenvalue weighted by Gasteiger charge is 2.14. The number of carbonyl (C=O) groups is 2. The van der Waals surface area contributed by atoms with E-state index in [4.69, 9.17) is 0 Å². The average Bonchev–Trinajstić information content (AvgIpc) is 2.55. The van der Waals surface area contributed by atoms with Crippen LogP contribution >= 0.6 is 0 Å².